The predicted octanol–water partition coefficient (Wildman–Crippen LogP) is 6.67. The van der Waals surface area contributed by atoms with Crippen molar-refractivity contribution >= 4 is 23.9 Å². The average Bonchev–Trinajstić information content (AvgIpc) is 2.94. The zero-order chi connectivity index (χ0) is 34.7. The Kier molecular flexibility index (Phi) is 14.3. The number of carbonyl (C=O) groups excluding carboxylic acids is 4. The summed E-state index contributed by atoms with van der Waals surface area (Å²) < 4.78 is 11.2. The quantitative estimate of drug-likeness (QED) is 0.177. The van der Waals surface area contributed by atoms with Gasteiger partial charge in [0.05, 0.1) is 0 Å². The third-order valence-electron chi connectivity index (χ3n) is 7.13. The van der Waals surface area contributed by atoms with Gasteiger partial charge in [-0.25, -0.2) is 9.59 Å². The van der Waals surface area contributed by atoms with E-state index in [1.807, 2.05) is 75.4 Å². The lowest BCUT2D eigenvalue weighted by Gasteiger charge is -2.36. The molecule has 0 fully saturated rings. The van der Waals surface area contributed by atoms with E-state index in [9.17, 15) is 19.2 Å². The molecule has 9 nitrogen and oxygen atoms in total. The van der Waals surface area contributed by atoms with Crippen LogP contribution in [0.3, 0.4) is 0 Å². The summed E-state index contributed by atoms with van der Waals surface area (Å²) in [5.41, 5.74) is 0.912. The summed E-state index contributed by atoms with van der Waals surface area (Å²) in [5.74, 6) is -1.79. The number of nitrogens with zero attached hydrogens (tertiary/aromatic N) is 1. The molecule has 2 N–H and O–H groups in total. The van der Waals surface area contributed by atoms with Crippen molar-refractivity contribution in [1.82, 2.24) is 15.5 Å². The van der Waals surface area contributed by atoms with Gasteiger partial charge in [0.25, 0.3) is 0 Å². The van der Waals surface area contributed by atoms with Crippen molar-refractivity contribution in [2.45, 2.75) is 124 Å². The second-order valence-corrected chi connectivity index (χ2v) is 14.2. The third kappa shape index (κ3) is 12.9. The lowest BCUT2D eigenvalue weighted by molar-refractivity contribution is -0.159. The second kappa shape index (κ2) is 17.2. The van der Waals surface area contributed by atoms with E-state index in [1.54, 1.807) is 41.5 Å². The number of amides is 3. The van der Waals surface area contributed by atoms with Gasteiger partial charge in [-0.05, 0) is 71.9 Å². The fourth-order valence-corrected chi connectivity index (χ4v) is 4.91. The van der Waals surface area contributed by atoms with Gasteiger partial charge in [0.1, 0.15) is 29.3 Å². The standard InChI is InChI=1S/C37H55N3O6/c1-11-12-16-23-40(33(42)30(25(2)3)39-35(44)46-37(8,9)10)31(28-21-19-26(4)20-22-28)32(41)38-29(34(43)45-36(5,6)7)24-27-17-14-13-15-18-27/h13-15,17-22,25,29-31H,11-12,16,23-24H2,1-10H3,(H,38,41)(H,39,44). The zero-order valence-corrected chi connectivity index (χ0v) is 29.4. The van der Waals surface area contributed by atoms with Crippen molar-refractivity contribution in [3.05, 3.63) is 71.3 Å². The van der Waals surface area contributed by atoms with Gasteiger partial charge in [-0.15, -0.1) is 0 Å². The molecule has 0 spiro atoms. The van der Waals surface area contributed by atoms with Crippen LogP contribution < -0.4 is 10.6 Å². The first-order valence-electron chi connectivity index (χ1n) is 16.4. The minimum atomic E-state index is -1.08. The lowest BCUT2D eigenvalue weighted by atomic mass is 9.97. The van der Waals surface area contributed by atoms with E-state index in [0.717, 1.165) is 24.0 Å². The Bertz CT molecular complexity index is 1280. The number of unbranched alkanes of at least 4 members (excludes halogenated alkanes) is 2. The highest BCUT2D eigenvalue weighted by Crippen LogP contribution is 2.26. The van der Waals surface area contributed by atoms with Crippen molar-refractivity contribution in [3.8, 4) is 0 Å². The van der Waals surface area contributed by atoms with E-state index >= 15 is 0 Å². The maximum absolute atomic E-state index is 14.5. The van der Waals surface area contributed by atoms with Gasteiger partial charge >= 0.3 is 12.1 Å². The SMILES string of the molecule is CCCCCN(C(=O)C(NC(=O)OC(C)(C)C)C(C)C)C(C(=O)NC(Cc1ccccc1)C(=O)OC(C)(C)C)c1ccc(C)cc1. The van der Waals surface area contributed by atoms with Crippen molar-refractivity contribution in [2.75, 3.05) is 6.54 Å². The summed E-state index contributed by atoms with van der Waals surface area (Å²) in [4.78, 5) is 56.8. The maximum atomic E-state index is 14.5. The third-order valence-corrected chi connectivity index (χ3v) is 7.13. The highest BCUT2D eigenvalue weighted by atomic mass is 16.6. The molecule has 0 heterocycles. The topological polar surface area (TPSA) is 114 Å². The largest absolute Gasteiger partial charge is 0.458 e. The molecule has 0 aliphatic carbocycles. The number of nitrogens with one attached hydrogen (secondary N) is 2. The Labute approximate surface area is 275 Å². The highest BCUT2D eigenvalue weighted by Gasteiger charge is 2.39. The van der Waals surface area contributed by atoms with E-state index in [2.05, 4.69) is 17.6 Å². The minimum absolute atomic E-state index is 0.209. The van der Waals surface area contributed by atoms with Gasteiger partial charge in [0.2, 0.25) is 11.8 Å². The molecule has 0 saturated heterocycles. The van der Waals surface area contributed by atoms with E-state index < -0.39 is 53.2 Å². The average molecular weight is 638 g/mol. The van der Waals surface area contributed by atoms with Gasteiger partial charge in [-0.3, -0.25) is 9.59 Å². The number of benzene rings is 2. The summed E-state index contributed by atoms with van der Waals surface area (Å²) in [6.45, 7) is 18.5. The van der Waals surface area contributed by atoms with Crippen LogP contribution in [0.25, 0.3) is 0 Å². The predicted molar refractivity (Wildman–Crippen MR) is 181 cm³/mol. The number of hydrogen-bond donors (Lipinski definition) is 2. The monoisotopic (exact) mass is 637 g/mol. The zero-order valence-electron chi connectivity index (χ0n) is 29.4. The fourth-order valence-electron chi connectivity index (χ4n) is 4.91. The fraction of sp³-hybridized carbons (Fsp3) is 0.568. The molecule has 0 aliphatic heterocycles. The van der Waals surface area contributed by atoms with Crippen molar-refractivity contribution < 1.29 is 28.7 Å². The minimum Gasteiger partial charge on any atom is -0.458 e. The normalized spacial score (nSPS) is 13.7. The second-order valence-electron chi connectivity index (χ2n) is 14.2. The molecular formula is C37H55N3O6. The van der Waals surface area contributed by atoms with Crippen LogP contribution in [0.2, 0.25) is 0 Å². The molecule has 2 aromatic carbocycles. The molecule has 0 saturated carbocycles. The molecule has 0 bridgehead atoms. The lowest BCUT2D eigenvalue weighted by Crippen LogP contribution is -2.56. The first-order valence-corrected chi connectivity index (χ1v) is 16.4. The number of esters is 1. The maximum Gasteiger partial charge on any atom is 0.408 e. The van der Waals surface area contributed by atoms with Crippen LogP contribution >= 0.6 is 0 Å². The number of hydrogen-bond acceptors (Lipinski definition) is 6. The van der Waals surface area contributed by atoms with Crippen molar-refractivity contribution in [2.24, 2.45) is 5.92 Å². The molecule has 3 unspecified atom stereocenters. The highest BCUT2D eigenvalue weighted by molar-refractivity contribution is 5.94. The van der Waals surface area contributed by atoms with Crippen LogP contribution in [0.5, 0.6) is 0 Å². The summed E-state index contributed by atoms with van der Waals surface area (Å²) >= 11 is 0. The Morgan fingerprint density at radius 1 is 0.804 bits per heavy atom. The number of ether oxygens (including phenoxy) is 2. The number of rotatable bonds is 14. The summed E-state index contributed by atoms with van der Waals surface area (Å²) in [6, 6.07) is 13.8. The Morgan fingerprint density at radius 3 is 1.91 bits per heavy atom. The molecule has 0 aliphatic rings. The summed E-state index contributed by atoms with van der Waals surface area (Å²) in [5, 5.41) is 5.70. The van der Waals surface area contributed by atoms with Gasteiger partial charge in [-0.1, -0.05) is 93.8 Å². The molecule has 9 heteroatoms. The van der Waals surface area contributed by atoms with Gasteiger partial charge in [0.15, 0.2) is 0 Å². The molecule has 3 amide bonds. The van der Waals surface area contributed by atoms with Gasteiger partial charge in [0, 0.05) is 13.0 Å². The first-order chi connectivity index (χ1) is 21.4. The van der Waals surface area contributed by atoms with E-state index in [0.29, 0.717) is 12.0 Å². The van der Waals surface area contributed by atoms with E-state index in [-0.39, 0.29) is 18.9 Å². The van der Waals surface area contributed by atoms with Crippen molar-refractivity contribution in [3.63, 3.8) is 0 Å². The smallest absolute Gasteiger partial charge is 0.408 e. The molecule has 0 radical (unpaired) electrons. The van der Waals surface area contributed by atoms with Gasteiger partial charge in [-0.2, -0.15) is 0 Å². The van der Waals surface area contributed by atoms with Crippen LogP contribution in [-0.2, 0) is 30.3 Å². The van der Waals surface area contributed by atoms with Crippen LogP contribution in [0.15, 0.2) is 54.6 Å². The molecular weight excluding hydrogens is 582 g/mol. The number of aryl methyl sites for hydroxylation is 1. The number of alkyl carbamates (subject to hydrolysis) is 1. The molecule has 2 aromatic rings. The molecule has 46 heavy (non-hydrogen) atoms. The summed E-state index contributed by atoms with van der Waals surface area (Å²) in [6.07, 6.45) is 1.89. The molecule has 254 valence electrons. The van der Waals surface area contributed by atoms with Crippen molar-refractivity contribution in [1.29, 1.82) is 0 Å². The van der Waals surface area contributed by atoms with E-state index in [4.69, 9.17) is 9.47 Å². The Morgan fingerprint density at radius 2 is 1.39 bits per heavy atom. The van der Waals surface area contributed by atoms with Crippen LogP contribution in [0.4, 0.5) is 4.79 Å². The van der Waals surface area contributed by atoms with Crippen LogP contribution in [-0.4, -0.2) is 58.6 Å². The Hall–Kier alpha value is -3.88. The Balaban J connectivity index is 2.60. The number of carbonyl (C=O) groups is 4. The van der Waals surface area contributed by atoms with Crippen LogP contribution in [0.1, 0.15) is 104 Å². The molecule has 0 aromatic heterocycles. The van der Waals surface area contributed by atoms with Gasteiger partial charge < -0.3 is 25.0 Å². The van der Waals surface area contributed by atoms with Crippen LogP contribution in [0, 0.1) is 12.8 Å². The summed E-state index contributed by atoms with van der Waals surface area (Å²) in [7, 11) is 0. The molecule has 2 rings (SSSR count). The molecule has 3 atom stereocenters. The van der Waals surface area contributed by atoms with E-state index in [1.165, 1.54) is 4.90 Å². The first kappa shape index (κ1) is 38.3.